The van der Waals surface area contributed by atoms with Gasteiger partial charge < -0.3 is 20.1 Å². The lowest BCUT2D eigenvalue weighted by molar-refractivity contribution is -0.139. The van der Waals surface area contributed by atoms with Crippen LogP contribution in [0.15, 0.2) is 41.4 Å². The highest BCUT2D eigenvalue weighted by Crippen LogP contribution is 2.36. The molecule has 2 aromatic rings. The molecule has 2 N–H and O–H groups in total. The van der Waals surface area contributed by atoms with Gasteiger partial charge in [0, 0.05) is 38.3 Å². The van der Waals surface area contributed by atoms with Gasteiger partial charge in [-0.05, 0) is 49.1 Å². The quantitative estimate of drug-likeness (QED) is 0.503. The smallest absolute Gasteiger partial charge is 0.423 e. The van der Waals surface area contributed by atoms with Gasteiger partial charge >= 0.3 is 6.18 Å². The molecule has 2 saturated heterocycles. The molecule has 0 aliphatic carbocycles. The van der Waals surface area contributed by atoms with Gasteiger partial charge in [0.1, 0.15) is 11.7 Å². The summed E-state index contributed by atoms with van der Waals surface area (Å²) in [6.45, 7) is 2.86. The second-order valence-corrected chi connectivity index (χ2v) is 11.5. The molecule has 4 heterocycles. The summed E-state index contributed by atoms with van der Waals surface area (Å²) in [5, 5.41) is 6.31. The number of aromatic nitrogens is 2. The zero-order chi connectivity index (χ0) is 26.8. The normalized spacial score (nSPS) is 21.2. The Morgan fingerprint density at radius 1 is 1.13 bits per heavy atom. The number of alkyl halides is 3. The van der Waals surface area contributed by atoms with E-state index in [-0.39, 0.29) is 49.0 Å². The third-order valence-electron chi connectivity index (χ3n) is 6.94. The van der Waals surface area contributed by atoms with E-state index in [1.165, 1.54) is 9.88 Å². The Labute approximate surface area is 231 Å². The number of anilines is 1. The molecule has 39 heavy (non-hydrogen) atoms. The molecule has 9 nitrogen and oxygen atoms in total. The summed E-state index contributed by atoms with van der Waals surface area (Å²) in [6, 6.07) is 6.78. The van der Waals surface area contributed by atoms with Gasteiger partial charge in [0.25, 0.3) is 0 Å². The highest BCUT2D eigenvalue weighted by Gasteiger charge is 2.38. The van der Waals surface area contributed by atoms with E-state index < -0.39 is 33.7 Å². The number of halogens is 4. The maximum Gasteiger partial charge on any atom is 0.423 e. The van der Waals surface area contributed by atoms with Crippen LogP contribution in [0.2, 0.25) is 0 Å². The van der Waals surface area contributed by atoms with Crippen LogP contribution in [0.25, 0.3) is 5.57 Å². The van der Waals surface area contributed by atoms with Gasteiger partial charge in [0.05, 0.1) is 18.1 Å². The Morgan fingerprint density at radius 3 is 2.49 bits per heavy atom. The van der Waals surface area contributed by atoms with Crippen LogP contribution in [0.5, 0.6) is 5.88 Å². The number of piperidine rings is 1. The average molecular weight is 590 g/mol. The monoisotopic (exact) mass is 589 g/mol. The van der Waals surface area contributed by atoms with Crippen LogP contribution >= 0.6 is 12.4 Å². The number of ether oxygens (including phenoxy) is 2. The van der Waals surface area contributed by atoms with Gasteiger partial charge in [-0.3, -0.25) is 0 Å². The summed E-state index contributed by atoms with van der Waals surface area (Å²) >= 11 is 0. The van der Waals surface area contributed by atoms with E-state index in [4.69, 9.17) is 9.47 Å². The SMILES string of the molecule is Cl.O=S(=O)(c1ccc(C2=CCNCC2)cc1)N1CCC(Nc2ncc(C(F)(F)F)c(OC3CCOC3)n2)CC1. The first-order valence-electron chi connectivity index (χ1n) is 12.7. The number of hydrogen-bond acceptors (Lipinski definition) is 8. The molecular formula is C25H31ClF3N5O4S. The molecular weight excluding hydrogens is 559 g/mol. The number of nitrogens with zero attached hydrogens (tertiary/aromatic N) is 3. The summed E-state index contributed by atoms with van der Waals surface area (Å²) in [7, 11) is -3.66. The lowest BCUT2D eigenvalue weighted by Crippen LogP contribution is -2.42. The maximum absolute atomic E-state index is 13.4. The van der Waals surface area contributed by atoms with Crippen molar-refractivity contribution in [3.63, 3.8) is 0 Å². The van der Waals surface area contributed by atoms with E-state index in [9.17, 15) is 21.6 Å². The summed E-state index contributed by atoms with van der Waals surface area (Å²) in [5.74, 6) is -0.523. The Kier molecular flexibility index (Phi) is 9.37. The number of rotatable bonds is 7. The van der Waals surface area contributed by atoms with Gasteiger partial charge in [-0.2, -0.15) is 22.5 Å². The van der Waals surface area contributed by atoms with Gasteiger partial charge in [-0.25, -0.2) is 13.4 Å². The Morgan fingerprint density at radius 2 is 1.87 bits per heavy atom. The number of benzene rings is 1. The number of hydrogen-bond donors (Lipinski definition) is 2. The first-order chi connectivity index (χ1) is 18.2. The molecule has 2 fully saturated rings. The standard InChI is InChI=1S/C25H30F3N5O4S.ClH/c26-25(27,28)22-15-30-24(32-23(22)37-20-9-14-36-16-20)31-19-7-12-33(13-8-19)38(34,35)21-3-1-17(2-4-21)18-5-10-29-11-6-18;/h1-5,15,19-20,29H,6-14,16H2,(H,30,31,32);1H. The summed E-state index contributed by atoms with van der Waals surface area (Å²) < 4.78 is 78.9. The van der Waals surface area contributed by atoms with Crippen LogP contribution in [-0.2, 0) is 20.9 Å². The summed E-state index contributed by atoms with van der Waals surface area (Å²) in [5.41, 5.74) is 1.18. The maximum atomic E-state index is 13.4. The van der Waals surface area contributed by atoms with Crippen LogP contribution in [0.1, 0.15) is 36.8 Å². The molecule has 0 amide bonds. The molecule has 1 aromatic heterocycles. The largest absolute Gasteiger partial charge is 0.471 e. The van der Waals surface area contributed by atoms with E-state index in [0.29, 0.717) is 32.1 Å². The van der Waals surface area contributed by atoms with E-state index >= 15 is 0 Å². The molecule has 1 atom stereocenters. The van der Waals surface area contributed by atoms with Crippen LogP contribution in [0.3, 0.4) is 0 Å². The fraction of sp³-hybridized carbons (Fsp3) is 0.520. The fourth-order valence-electron chi connectivity index (χ4n) is 4.78. The third-order valence-corrected chi connectivity index (χ3v) is 8.85. The Bertz CT molecular complexity index is 1260. The molecule has 0 radical (unpaired) electrons. The Hall–Kier alpha value is -2.45. The van der Waals surface area contributed by atoms with E-state index in [2.05, 4.69) is 26.7 Å². The van der Waals surface area contributed by atoms with Gasteiger partial charge in [0.2, 0.25) is 21.9 Å². The molecule has 3 aliphatic heterocycles. The van der Waals surface area contributed by atoms with Crippen LogP contribution in [0.4, 0.5) is 19.1 Å². The minimum Gasteiger partial charge on any atom is -0.471 e. The summed E-state index contributed by atoms with van der Waals surface area (Å²) in [6.07, 6.45) is -0.0455. The number of nitrogens with one attached hydrogen (secondary N) is 2. The molecule has 0 saturated carbocycles. The second kappa shape index (κ2) is 12.4. The predicted octanol–water partition coefficient (Wildman–Crippen LogP) is 3.73. The minimum atomic E-state index is -4.66. The van der Waals surface area contributed by atoms with Gasteiger partial charge in [0.15, 0.2) is 0 Å². The first-order valence-corrected chi connectivity index (χ1v) is 14.1. The lowest BCUT2D eigenvalue weighted by atomic mass is 10.0. The van der Waals surface area contributed by atoms with Crippen molar-refractivity contribution in [2.24, 2.45) is 0 Å². The van der Waals surface area contributed by atoms with Crippen molar-refractivity contribution in [3.8, 4) is 5.88 Å². The fourth-order valence-corrected chi connectivity index (χ4v) is 6.25. The second-order valence-electron chi connectivity index (χ2n) is 9.54. The van der Waals surface area contributed by atoms with Crippen LogP contribution < -0.4 is 15.4 Å². The van der Waals surface area contributed by atoms with Crippen molar-refractivity contribution in [1.82, 2.24) is 19.6 Å². The minimum absolute atomic E-state index is 0. The topological polar surface area (TPSA) is 106 Å². The average Bonchev–Trinajstić information content (AvgIpc) is 3.42. The Balaban J connectivity index is 0.00000353. The van der Waals surface area contributed by atoms with Crippen molar-refractivity contribution in [2.75, 3.05) is 44.7 Å². The molecule has 1 unspecified atom stereocenters. The highest BCUT2D eigenvalue weighted by atomic mass is 35.5. The van der Waals surface area contributed by atoms with Crippen LogP contribution in [0, 0.1) is 0 Å². The molecule has 0 spiro atoms. The lowest BCUT2D eigenvalue weighted by Gasteiger charge is -2.31. The summed E-state index contributed by atoms with van der Waals surface area (Å²) in [4.78, 5) is 8.08. The predicted molar refractivity (Wildman–Crippen MR) is 141 cm³/mol. The zero-order valence-corrected chi connectivity index (χ0v) is 22.7. The van der Waals surface area contributed by atoms with Crippen molar-refractivity contribution >= 4 is 34.0 Å². The van der Waals surface area contributed by atoms with E-state index in [1.807, 2.05) is 12.1 Å². The van der Waals surface area contributed by atoms with Crippen molar-refractivity contribution in [1.29, 1.82) is 0 Å². The zero-order valence-electron chi connectivity index (χ0n) is 21.1. The molecule has 0 bridgehead atoms. The van der Waals surface area contributed by atoms with E-state index in [0.717, 1.165) is 25.1 Å². The van der Waals surface area contributed by atoms with Crippen LogP contribution in [-0.4, -0.2) is 74.2 Å². The molecule has 3 aliphatic rings. The number of sulfonamides is 1. The van der Waals surface area contributed by atoms with Crippen molar-refractivity contribution in [2.45, 2.75) is 48.9 Å². The molecule has 5 rings (SSSR count). The van der Waals surface area contributed by atoms with E-state index in [1.54, 1.807) is 12.1 Å². The van der Waals surface area contributed by atoms with Gasteiger partial charge in [-0.15, -0.1) is 12.4 Å². The van der Waals surface area contributed by atoms with Gasteiger partial charge in [-0.1, -0.05) is 18.2 Å². The van der Waals surface area contributed by atoms with Crippen molar-refractivity contribution < 1.29 is 31.1 Å². The highest BCUT2D eigenvalue weighted by molar-refractivity contribution is 7.89. The third kappa shape index (κ3) is 7.01. The first kappa shape index (κ1) is 29.5. The molecule has 14 heteroatoms. The molecule has 214 valence electrons. The molecule has 1 aromatic carbocycles. The van der Waals surface area contributed by atoms with Crippen molar-refractivity contribution in [3.05, 3.63) is 47.7 Å².